The SMILES string of the molecule is CCOc1c(F)c(Cl)c(-c2cn3cc(NC(=O)C4CC4F)nc3cn2)c2cn[nH]c12. The highest BCUT2D eigenvalue weighted by atomic mass is 35.5. The van der Waals surface area contributed by atoms with Gasteiger partial charge in [-0.1, -0.05) is 11.6 Å². The monoisotopic (exact) mass is 432 g/mol. The van der Waals surface area contributed by atoms with Crippen LogP contribution in [0.2, 0.25) is 5.02 Å². The second-order valence-corrected chi connectivity index (χ2v) is 7.31. The first-order chi connectivity index (χ1) is 14.5. The summed E-state index contributed by atoms with van der Waals surface area (Å²) in [6, 6.07) is 0. The van der Waals surface area contributed by atoms with Gasteiger partial charge in [0.25, 0.3) is 0 Å². The van der Waals surface area contributed by atoms with Crippen molar-refractivity contribution in [3.05, 3.63) is 35.6 Å². The summed E-state index contributed by atoms with van der Waals surface area (Å²) < 4.78 is 35.0. The van der Waals surface area contributed by atoms with Crippen molar-refractivity contribution in [1.82, 2.24) is 24.6 Å². The molecule has 1 aromatic carbocycles. The molecule has 1 amide bonds. The first kappa shape index (κ1) is 18.7. The third-order valence-corrected chi connectivity index (χ3v) is 5.29. The van der Waals surface area contributed by atoms with E-state index >= 15 is 0 Å². The predicted octanol–water partition coefficient (Wildman–Crippen LogP) is 3.76. The van der Waals surface area contributed by atoms with E-state index < -0.39 is 23.8 Å². The highest BCUT2D eigenvalue weighted by Crippen LogP contribution is 2.41. The van der Waals surface area contributed by atoms with Gasteiger partial charge in [-0.3, -0.25) is 14.9 Å². The van der Waals surface area contributed by atoms with E-state index in [1.54, 1.807) is 23.7 Å². The Bertz CT molecular complexity index is 1300. The van der Waals surface area contributed by atoms with Crippen molar-refractivity contribution in [2.75, 3.05) is 11.9 Å². The van der Waals surface area contributed by atoms with Gasteiger partial charge in [-0.15, -0.1) is 0 Å². The van der Waals surface area contributed by atoms with Gasteiger partial charge in [0.15, 0.2) is 23.0 Å². The van der Waals surface area contributed by atoms with E-state index in [1.807, 2.05) is 0 Å². The first-order valence-electron chi connectivity index (χ1n) is 9.24. The molecule has 1 saturated carbocycles. The zero-order chi connectivity index (χ0) is 21.0. The Morgan fingerprint density at radius 2 is 2.23 bits per heavy atom. The fourth-order valence-electron chi connectivity index (χ4n) is 3.36. The van der Waals surface area contributed by atoms with Gasteiger partial charge >= 0.3 is 0 Å². The number of hydrogen-bond donors (Lipinski definition) is 2. The zero-order valence-electron chi connectivity index (χ0n) is 15.6. The Morgan fingerprint density at radius 3 is 2.97 bits per heavy atom. The topological polar surface area (TPSA) is 97.2 Å². The summed E-state index contributed by atoms with van der Waals surface area (Å²) in [5.41, 5.74) is 1.55. The Balaban J connectivity index is 1.57. The summed E-state index contributed by atoms with van der Waals surface area (Å²) in [7, 11) is 0. The van der Waals surface area contributed by atoms with E-state index in [0.29, 0.717) is 27.8 Å². The molecule has 0 bridgehead atoms. The third kappa shape index (κ3) is 2.95. The van der Waals surface area contributed by atoms with Crippen LogP contribution in [-0.2, 0) is 4.79 Å². The Hall–Kier alpha value is -3.27. The van der Waals surface area contributed by atoms with Gasteiger partial charge in [-0.25, -0.2) is 13.8 Å². The van der Waals surface area contributed by atoms with Crippen LogP contribution in [0.5, 0.6) is 5.75 Å². The molecule has 2 atom stereocenters. The number of aromatic nitrogens is 5. The number of fused-ring (bicyclic) bond motifs is 2. The van der Waals surface area contributed by atoms with Crippen LogP contribution in [0.3, 0.4) is 0 Å². The van der Waals surface area contributed by atoms with E-state index in [1.165, 1.54) is 12.4 Å². The normalized spacial score (nSPS) is 18.1. The Labute approximate surface area is 173 Å². The summed E-state index contributed by atoms with van der Waals surface area (Å²) in [4.78, 5) is 20.5. The fourth-order valence-corrected chi connectivity index (χ4v) is 3.64. The lowest BCUT2D eigenvalue weighted by atomic mass is 10.1. The van der Waals surface area contributed by atoms with Crippen LogP contribution in [0.4, 0.5) is 14.6 Å². The molecular weight excluding hydrogens is 418 g/mol. The van der Waals surface area contributed by atoms with E-state index in [2.05, 4.69) is 25.5 Å². The van der Waals surface area contributed by atoms with Gasteiger partial charge < -0.3 is 14.5 Å². The number of carbonyl (C=O) groups is 1. The lowest BCUT2D eigenvalue weighted by Crippen LogP contribution is -2.15. The number of benzene rings is 1. The highest BCUT2D eigenvalue weighted by Gasteiger charge is 2.43. The molecule has 1 fully saturated rings. The minimum Gasteiger partial charge on any atom is -0.489 e. The van der Waals surface area contributed by atoms with Crippen molar-refractivity contribution in [3.63, 3.8) is 0 Å². The van der Waals surface area contributed by atoms with E-state index in [4.69, 9.17) is 16.3 Å². The highest BCUT2D eigenvalue weighted by molar-refractivity contribution is 6.35. The van der Waals surface area contributed by atoms with Crippen LogP contribution in [0, 0.1) is 11.7 Å². The second kappa shape index (κ2) is 6.91. The van der Waals surface area contributed by atoms with E-state index in [0.717, 1.165) is 0 Å². The number of halogens is 3. The molecule has 0 radical (unpaired) electrons. The molecule has 3 aromatic heterocycles. The van der Waals surface area contributed by atoms with E-state index in [-0.39, 0.29) is 29.6 Å². The summed E-state index contributed by atoms with van der Waals surface area (Å²) in [6.45, 7) is 2.00. The van der Waals surface area contributed by atoms with Crippen LogP contribution in [0.15, 0.2) is 24.8 Å². The molecule has 3 heterocycles. The molecule has 0 spiro atoms. The molecule has 0 aliphatic heterocycles. The average Bonchev–Trinajstić information content (AvgIpc) is 3.11. The molecule has 11 heteroatoms. The molecule has 8 nitrogen and oxygen atoms in total. The summed E-state index contributed by atoms with van der Waals surface area (Å²) in [5, 5.41) is 9.72. The molecule has 0 saturated heterocycles. The number of rotatable bonds is 5. The maximum Gasteiger partial charge on any atom is 0.231 e. The fraction of sp³-hybridized carbons (Fsp3) is 0.263. The van der Waals surface area contributed by atoms with Gasteiger partial charge in [0.05, 0.1) is 41.8 Å². The molecule has 4 aromatic rings. The second-order valence-electron chi connectivity index (χ2n) is 6.94. The predicted molar refractivity (Wildman–Crippen MR) is 106 cm³/mol. The number of carbonyl (C=O) groups excluding carboxylic acids is 1. The van der Waals surface area contributed by atoms with Crippen molar-refractivity contribution in [1.29, 1.82) is 0 Å². The van der Waals surface area contributed by atoms with Crippen LogP contribution in [-0.4, -0.2) is 43.3 Å². The number of H-pyrrole nitrogens is 1. The quantitative estimate of drug-likeness (QED) is 0.500. The van der Waals surface area contributed by atoms with Crippen LogP contribution in [0.25, 0.3) is 27.8 Å². The summed E-state index contributed by atoms with van der Waals surface area (Å²) in [5.74, 6) is -1.47. The van der Waals surface area contributed by atoms with Gasteiger partial charge in [-0.2, -0.15) is 5.10 Å². The molecule has 1 aliphatic rings. The largest absolute Gasteiger partial charge is 0.489 e. The number of amides is 1. The van der Waals surface area contributed by atoms with Crippen molar-refractivity contribution >= 4 is 39.9 Å². The van der Waals surface area contributed by atoms with Crippen molar-refractivity contribution in [2.24, 2.45) is 5.92 Å². The number of nitrogens with zero attached hydrogens (tertiary/aromatic N) is 4. The number of hydrogen-bond acceptors (Lipinski definition) is 5. The smallest absolute Gasteiger partial charge is 0.231 e. The van der Waals surface area contributed by atoms with Gasteiger partial charge in [-0.05, 0) is 13.3 Å². The molecule has 1 aliphatic carbocycles. The average molecular weight is 433 g/mol. The lowest BCUT2D eigenvalue weighted by Gasteiger charge is -2.12. The molecule has 5 rings (SSSR count). The Morgan fingerprint density at radius 1 is 1.43 bits per heavy atom. The molecule has 154 valence electrons. The zero-order valence-corrected chi connectivity index (χ0v) is 16.4. The number of aromatic amines is 1. The summed E-state index contributed by atoms with van der Waals surface area (Å²) in [6.07, 6.45) is 5.31. The maximum atomic E-state index is 14.9. The molecule has 30 heavy (non-hydrogen) atoms. The van der Waals surface area contributed by atoms with Crippen molar-refractivity contribution < 1.29 is 18.3 Å². The van der Waals surface area contributed by atoms with Crippen LogP contribution in [0.1, 0.15) is 13.3 Å². The van der Waals surface area contributed by atoms with Gasteiger partial charge in [0.2, 0.25) is 5.91 Å². The minimum atomic E-state index is -1.09. The number of nitrogens with one attached hydrogen (secondary N) is 2. The number of anilines is 1. The van der Waals surface area contributed by atoms with Crippen LogP contribution >= 0.6 is 11.6 Å². The Kier molecular flexibility index (Phi) is 4.31. The first-order valence-corrected chi connectivity index (χ1v) is 9.62. The van der Waals surface area contributed by atoms with E-state index in [9.17, 15) is 13.6 Å². The maximum absolute atomic E-state index is 14.9. The van der Waals surface area contributed by atoms with Crippen molar-refractivity contribution in [3.8, 4) is 17.0 Å². The minimum absolute atomic E-state index is 0.00120. The molecule has 2 unspecified atom stereocenters. The third-order valence-electron chi connectivity index (χ3n) is 4.93. The van der Waals surface area contributed by atoms with Gasteiger partial charge in [0.1, 0.15) is 11.7 Å². The standard InChI is InChI=1S/C19H15ClF2N6O2/c1-2-30-18-16(22)15(20)14(9-4-24-27-17(9)18)11-6-28-7-12(25-13(28)5-23-11)26-19(29)8-3-10(8)21/h4-8,10H,2-3H2,1H3,(H,24,27)(H,26,29). The van der Waals surface area contributed by atoms with Crippen molar-refractivity contribution in [2.45, 2.75) is 19.5 Å². The lowest BCUT2D eigenvalue weighted by molar-refractivity contribution is -0.117. The molecular formula is C19H15ClF2N6O2. The summed E-state index contributed by atoms with van der Waals surface area (Å²) >= 11 is 6.33. The van der Waals surface area contributed by atoms with Crippen LogP contribution < -0.4 is 10.1 Å². The number of imidazole rings is 1. The van der Waals surface area contributed by atoms with Gasteiger partial charge in [0, 0.05) is 17.1 Å². The number of alkyl halides is 1. The number of ether oxygens (including phenoxy) is 1. The molecule has 2 N–H and O–H groups in total.